The summed E-state index contributed by atoms with van der Waals surface area (Å²) < 4.78 is 0. The van der Waals surface area contributed by atoms with E-state index in [4.69, 9.17) is 5.73 Å². The van der Waals surface area contributed by atoms with Gasteiger partial charge in [0.1, 0.15) is 12.1 Å². The van der Waals surface area contributed by atoms with Gasteiger partial charge in [-0.15, -0.1) is 0 Å². The molecule has 0 aliphatic rings. The summed E-state index contributed by atoms with van der Waals surface area (Å²) in [7, 11) is 0. The Morgan fingerprint density at radius 3 is 2.13 bits per heavy atom. The maximum absolute atomic E-state index is 5.53. The number of nitrogens with one attached hydrogen (secondary N) is 1. The first-order valence-corrected chi connectivity index (χ1v) is 11.6. The Morgan fingerprint density at radius 1 is 0.700 bits per heavy atom. The quantitative estimate of drug-likeness (QED) is 0.298. The highest BCUT2D eigenvalue weighted by Gasteiger charge is 2.06. The molecule has 0 aliphatic heterocycles. The highest BCUT2D eigenvalue weighted by molar-refractivity contribution is 5.95. The molecule has 3 N–H and O–H groups in total. The minimum atomic E-state index is 0.841. The molecule has 1 heterocycles. The predicted octanol–water partition coefficient (Wildman–Crippen LogP) is 6.57. The van der Waals surface area contributed by atoms with E-state index in [1.165, 1.54) is 75.0 Å². The number of unbranched alkanes of at least 4 members (excludes halogenated alkanes) is 9. The number of hydrogen-bond acceptors (Lipinski definition) is 4. The van der Waals surface area contributed by atoms with E-state index in [1.807, 2.05) is 0 Å². The van der Waals surface area contributed by atoms with Gasteiger partial charge in [0.25, 0.3) is 0 Å². The van der Waals surface area contributed by atoms with Crippen LogP contribution in [0.1, 0.15) is 64.2 Å². The minimum absolute atomic E-state index is 0.841. The molecule has 0 atom stereocenters. The number of rotatable bonds is 14. The van der Waals surface area contributed by atoms with Crippen molar-refractivity contribution < 1.29 is 0 Å². The maximum atomic E-state index is 5.53. The molecule has 1 aromatic heterocycles. The molecule has 0 radical (unpaired) electrons. The molecule has 0 fully saturated rings. The molecule has 4 heteroatoms. The fourth-order valence-corrected chi connectivity index (χ4v) is 3.95. The number of fused-ring (bicyclic) bond motifs is 1. The van der Waals surface area contributed by atoms with Gasteiger partial charge in [0.05, 0.1) is 5.69 Å². The summed E-state index contributed by atoms with van der Waals surface area (Å²) in [5, 5.41) is 5.93. The molecule has 0 saturated carbocycles. The van der Waals surface area contributed by atoms with E-state index in [2.05, 4.69) is 63.8 Å². The summed E-state index contributed by atoms with van der Waals surface area (Å²) in [5.41, 5.74) is 7.65. The van der Waals surface area contributed by atoms with Crippen molar-refractivity contribution in [3.8, 4) is 11.3 Å². The molecular weight excluding hydrogens is 368 g/mol. The van der Waals surface area contributed by atoms with Gasteiger partial charge in [-0.3, -0.25) is 0 Å². The molecule has 4 nitrogen and oxygen atoms in total. The third-order valence-corrected chi connectivity index (χ3v) is 5.67. The van der Waals surface area contributed by atoms with Crippen LogP contribution in [0.5, 0.6) is 0 Å². The van der Waals surface area contributed by atoms with E-state index < -0.39 is 0 Å². The van der Waals surface area contributed by atoms with Crippen molar-refractivity contribution in [2.24, 2.45) is 5.73 Å². The highest BCUT2D eigenvalue weighted by Crippen LogP contribution is 2.27. The van der Waals surface area contributed by atoms with Crippen LogP contribution in [0.3, 0.4) is 0 Å². The van der Waals surface area contributed by atoms with E-state index in [1.54, 1.807) is 6.33 Å². The van der Waals surface area contributed by atoms with Crippen molar-refractivity contribution in [1.29, 1.82) is 0 Å². The normalized spacial score (nSPS) is 11.1. The Balaban J connectivity index is 1.36. The fraction of sp³-hybridized carbons (Fsp3) is 0.462. The number of aromatic nitrogens is 2. The molecule has 0 unspecified atom stereocenters. The van der Waals surface area contributed by atoms with Crippen molar-refractivity contribution in [3.63, 3.8) is 0 Å². The second-order valence-corrected chi connectivity index (χ2v) is 8.07. The Kier molecular flexibility index (Phi) is 9.61. The fourth-order valence-electron chi connectivity index (χ4n) is 3.95. The van der Waals surface area contributed by atoms with Gasteiger partial charge in [-0.2, -0.15) is 0 Å². The largest absolute Gasteiger partial charge is 0.370 e. The zero-order valence-corrected chi connectivity index (χ0v) is 18.2. The topological polar surface area (TPSA) is 63.8 Å². The van der Waals surface area contributed by atoms with Crippen molar-refractivity contribution in [1.82, 2.24) is 9.97 Å². The van der Waals surface area contributed by atoms with Gasteiger partial charge >= 0.3 is 0 Å². The number of hydrogen-bond donors (Lipinski definition) is 2. The van der Waals surface area contributed by atoms with Crippen molar-refractivity contribution in [3.05, 3.63) is 54.9 Å². The first-order chi connectivity index (χ1) is 14.9. The van der Waals surface area contributed by atoms with Gasteiger partial charge in [0, 0.05) is 18.2 Å². The van der Waals surface area contributed by atoms with E-state index in [0.717, 1.165) is 30.2 Å². The summed E-state index contributed by atoms with van der Waals surface area (Å²) in [6.45, 7) is 1.80. The summed E-state index contributed by atoms with van der Waals surface area (Å²) in [6, 6.07) is 16.9. The Labute approximate surface area is 181 Å². The number of benzene rings is 2. The van der Waals surface area contributed by atoms with E-state index >= 15 is 0 Å². The Hall–Kier alpha value is -2.46. The second kappa shape index (κ2) is 13.0. The zero-order valence-electron chi connectivity index (χ0n) is 18.2. The SMILES string of the molecule is NCCCCCCCCCCCCNc1cc(-c2cccc3ccccc23)ncn1. The molecule has 3 aromatic rings. The molecular formula is C26H36N4. The average molecular weight is 405 g/mol. The van der Waals surface area contributed by atoms with Crippen molar-refractivity contribution in [2.45, 2.75) is 64.2 Å². The Morgan fingerprint density at radius 2 is 1.37 bits per heavy atom. The molecule has 0 bridgehead atoms. The minimum Gasteiger partial charge on any atom is -0.370 e. The second-order valence-electron chi connectivity index (χ2n) is 8.07. The smallest absolute Gasteiger partial charge is 0.129 e. The van der Waals surface area contributed by atoms with Gasteiger partial charge in [-0.1, -0.05) is 93.8 Å². The number of nitrogens with zero attached hydrogens (tertiary/aromatic N) is 2. The van der Waals surface area contributed by atoms with Gasteiger partial charge in [-0.05, 0) is 30.2 Å². The zero-order chi connectivity index (χ0) is 20.9. The van der Waals surface area contributed by atoms with E-state index in [-0.39, 0.29) is 0 Å². The van der Waals surface area contributed by atoms with E-state index in [9.17, 15) is 0 Å². The summed E-state index contributed by atoms with van der Waals surface area (Å²) in [6.07, 6.45) is 14.8. The molecule has 0 spiro atoms. The highest BCUT2D eigenvalue weighted by atomic mass is 15.0. The first-order valence-electron chi connectivity index (χ1n) is 11.6. The van der Waals surface area contributed by atoms with Crippen LogP contribution in [0.25, 0.3) is 22.0 Å². The van der Waals surface area contributed by atoms with Gasteiger partial charge < -0.3 is 11.1 Å². The van der Waals surface area contributed by atoms with Crippen LogP contribution in [0.15, 0.2) is 54.9 Å². The lowest BCUT2D eigenvalue weighted by Gasteiger charge is -2.09. The standard InChI is InChI=1S/C26H36N4/c27-18-11-7-5-3-1-2-4-6-8-12-19-28-26-20-25(29-21-30-26)24-17-13-15-22-14-9-10-16-23(22)24/h9-10,13-17,20-21H,1-8,11-12,18-19,27H2,(H,28,29,30). The van der Waals surface area contributed by atoms with Crippen LogP contribution >= 0.6 is 0 Å². The molecule has 0 amide bonds. The molecule has 0 aliphatic carbocycles. The first kappa shape index (κ1) is 22.2. The lowest BCUT2D eigenvalue weighted by atomic mass is 10.0. The van der Waals surface area contributed by atoms with Crippen LogP contribution in [-0.2, 0) is 0 Å². The monoisotopic (exact) mass is 404 g/mol. The maximum Gasteiger partial charge on any atom is 0.129 e. The Bertz CT molecular complexity index is 872. The molecule has 30 heavy (non-hydrogen) atoms. The summed E-state index contributed by atoms with van der Waals surface area (Å²) in [5.74, 6) is 0.908. The van der Waals surface area contributed by atoms with Gasteiger partial charge in [0.15, 0.2) is 0 Å². The lowest BCUT2D eigenvalue weighted by Crippen LogP contribution is -2.04. The van der Waals surface area contributed by atoms with Crippen LogP contribution < -0.4 is 11.1 Å². The van der Waals surface area contributed by atoms with Crippen LogP contribution in [0.2, 0.25) is 0 Å². The summed E-state index contributed by atoms with van der Waals surface area (Å²) >= 11 is 0. The molecule has 160 valence electrons. The van der Waals surface area contributed by atoms with Crippen LogP contribution in [0.4, 0.5) is 5.82 Å². The van der Waals surface area contributed by atoms with Crippen LogP contribution in [-0.4, -0.2) is 23.1 Å². The average Bonchev–Trinajstić information content (AvgIpc) is 2.79. The molecule has 0 saturated heterocycles. The number of anilines is 1. The van der Waals surface area contributed by atoms with Gasteiger partial charge in [-0.25, -0.2) is 9.97 Å². The van der Waals surface area contributed by atoms with Crippen molar-refractivity contribution >= 4 is 16.6 Å². The molecule has 2 aromatic carbocycles. The number of nitrogens with two attached hydrogens (primary N) is 1. The third kappa shape index (κ3) is 7.10. The third-order valence-electron chi connectivity index (χ3n) is 5.67. The van der Waals surface area contributed by atoms with Crippen molar-refractivity contribution in [2.75, 3.05) is 18.4 Å². The lowest BCUT2D eigenvalue weighted by molar-refractivity contribution is 0.556. The van der Waals surface area contributed by atoms with Gasteiger partial charge in [0.2, 0.25) is 0 Å². The molecule has 3 rings (SSSR count). The predicted molar refractivity (Wildman–Crippen MR) is 129 cm³/mol. The summed E-state index contributed by atoms with van der Waals surface area (Å²) in [4.78, 5) is 8.92. The van der Waals surface area contributed by atoms with Crippen LogP contribution in [0, 0.1) is 0 Å². The van der Waals surface area contributed by atoms with E-state index in [0.29, 0.717) is 0 Å².